The second-order valence-corrected chi connectivity index (χ2v) is 5.87. The number of nitriles is 1. The maximum atomic E-state index is 12.3. The van der Waals surface area contributed by atoms with Crippen LogP contribution in [-0.2, 0) is 20.9 Å². The van der Waals surface area contributed by atoms with Gasteiger partial charge in [0.1, 0.15) is 6.54 Å². The van der Waals surface area contributed by atoms with E-state index in [1.54, 1.807) is 54.6 Å². The van der Waals surface area contributed by atoms with Crippen molar-refractivity contribution in [1.82, 2.24) is 4.57 Å². The Morgan fingerprint density at radius 2 is 1.82 bits per heavy atom. The van der Waals surface area contributed by atoms with Gasteiger partial charge in [0.25, 0.3) is 5.91 Å². The Labute approximate surface area is 160 Å². The van der Waals surface area contributed by atoms with E-state index in [0.29, 0.717) is 16.8 Å². The molecule has 0 atom stereocenters. The van der Waals surface area contributed by atoms with Crippen LogP contribution in [0.2, 0.25) is 0 Å². The Kier molecular flexibility index (Phi) is 5.87. The lowest BCUT2D eigenvalue weighted by Gasteiger charge is -2.19. The zero-order valence-electron chi connectivity index (χ0n) is 14.9. The predicted octanol–water partition coefficient (Wildman–Crippen LogP) is 2.08. The van der Waals surface area contributed by atoms with E-state index in [1.165, 1.54) is 9.47 Å². The monoisotopic (exact) mass is 379 g/mol. The number of ether oxygens (including phenoxy) is 1. The average Bonchev–Trinajstić information content (AvgIpc) is 3.04. The van der Waals surface area contributed by atoms with Gasteiger partial charge in [-0.2, -0.15) is 5.26 Å². The van der Waals surface area contributed by atoms with Gasteiger partial charge in [-0.1, -0.05) is 30.3 Å². The summed E-state index contributed by atoms with van der Waals surface area (Å²) in [6.07, 6.45) is -0.0969. The van der Waals surface area contributed by atoms with Crippen LogP contribution in [0.4, 0.5) is 5.69 Å². The maximum absolute atomic E-state index is 12.3. The van der Waals surface area contributed by atoms with Gasteiger partial charge in [0.15, 0.2) is 12.2 Å². The van der Waals surface area contributed by atoms with E-state index in [-0.39, 0.29) is 19.5 Å². The number of rotatable bonds is 7. The number of para-hydroxylation sites is 3. The molecule has 0 aliphatic rings. The number of esters is 1. The van der Waals surface area contributed by atoms with Crippen LogP contribution < -0.4 is 10.7 Å². The molecule has 0 N–H and O–H groups in total. The van der Waals surface area contributed by atoms with Crippen molar-refractivity contribution in [3.8, 4) is 6.07 Å². The van der Waals surface area contributed by atoms with E-state index in [0.717, 1.165) is 0 Å². The third-order valence-corrected chi connectivity index (χ3v) is 4.07. The van der Waals surface area contributed by atoms with Gasteiger partial charge in [-0.3, -0.25) is 19.1 Å². The normalized spacial score (nSPS) is 10.4. The fourth-order valence-corrected chi connectivity index (χ4v) is 2.72. The first-order valence-corrected chi connectivity index (χ1v) is 8.56. The van der Waals surface area contributed by atoms with Gasteiger partial charge < -0.3 is 9.15 Å². The van der Waals surface area contributed by atoms with Crippen molar-refractivity contribution in [3.05, 3.63) is 65.1 Å². The Morgan fingerprint density at radius 3 is 2.57 bits per heavy atom. The minimum atomic E-state index is -0.629. The molecule has 3 rings (SSSR count). The first-order chi connectivity index (χ1) is 13.6. The summed E-state index contributed by atoms with van der Waals surface area (Å²) in [6, 6.07) is 17.5. The number of hydrogen-bond donors (Lipinski definition) is 0. The van der Waals surface area contributed by atoms with E-state index in [2.05, 4.69) is 0 Å². The van der Waals surface area contributed by atoms with Crippen molar-refractivity contribution in [3.63, 3.8) is 0 Å². The van der Waals surface area contributed by atoms with Crippen LogP contribution in [-0.4, -0.2) is 29.6 Å². The number of anilines is 1. The smallest absolute Gasteiger partial charge is 0.419 e. The highest BCUT2D eigenvalue weighted by Crippen LogP contribution is 2.14. The fourth-order valence-electron chi connectivity index (χ4n) is 2.72. The number of oxazole rings is 1. The van der Waals surface area contributed by atoms with E-state index < -0.39 is 24.2 Å². The molecule has 2 aromatic carbocycles. The van der Waals surface area contributed by atoms with Crippen LogP contribution >= 0.6 is 0 Å². The van der Waals surface area contributed by atoms with Crippen molar-refractivity contribution in [2.75, 3.05) is 18.1 Å². The average molecular weight is 379 g/mol. The second kappa shape index (κ2) is 8.68. The number of hydrogen-bond acceptors (Lipinski definition) is 6. The van der Waals surface area contributed by atoms with Gasteiger partial charge in [0.2, 0.25) is 0 Å². The first kappa shape index (κ1) is 18.9. The number of aromatic nitrogens is 1. The minimum Gasteiger partial charge on any atom is -0.455 e. The topological polar surface area (TPSA) is 106 Å². The predicted molar refractivity (Wildman–Crippen MR) is 100 cm³/mol. The number of aryl methyl sites for hydroxylation is 1. The van der Waals surface area contributed by atoms with Crippen LogP contribution in [0, 0.1) is 11.3 Å². The van der Waals surface area contributed by atoms with Crippen molar-refractivity contribution >= 4 is 28.7 Å². The van der Waals surface area contributed by atoms with E-state index in [4.69, 9.17) is 14.4 Å². The second-order valence-electron chi connectivity index (χ2n) is 5.87. The lowest BCUT2D eigenvalue weighted by molar-refractivity contribution is -0.148. The molecule has 0 fully saturated rings. The molecule has 0 bridgehead atoms. The lowest BCUT2D eigenvalue weighted by atomic mass is 10.3. The Balaban J connectivity index is 1.57. The molecule has 142 valence electrons. The number of benzene rings is 2. The summed E-state index contributed by atoms with van der Waals surface area (Å²) in [4.78, 5) is 37.5. The first-order valence-electron chi connectivity index (χ1n) is 8.56. The summed E-state index contributed by atoms with van der Waals surface area (Å²) in [6.45, 7) is -0.573. The Bertz CT molecular complexity index is 1080. The molecule has 8 nitrogen and oxygen atoms in total. The molecule has 0 aliphatic carbocycles. The van der Waals surface area contributed by atoms with Crippen LogP contribution in [0.25, 0.3) is 11.1 Å². The lowest BCUT2D eigenvalue weighted by Crippen LogP contribution is -2.35. The van der Waals surface area contributed by atoms with Gasteiger partial charge in [-0.05, 0) is 24.3 Å². The minimum absolute atomic E-state index is 0.0729. The van der Waals surface area contributed by atoms with Crippen LogP contribution in [0.5, 0.6) is 0 Å². The van der Waals surface area contributed by atoms with Crippen LogP contribution in [0.15, 0.2) is 63.8 Å². The summed E-state index contributed by atoms with van der Waals surface area (Å²) >= 11 is 0. The number of carbonyl (C=O) groups is 2. The van der Waals surface area contributed by atoms with Crippen molar-refractivity contribution < 1.29 is 18.7 Å². The number of nitrogens with zero attached hydrogens (tertiary/aromatic N) is 3. The van der Waals surface area contributed by atoms with Crippen molar-refractivity contribution in [1.29, 1.82) is 5.26 Å². The molecule has 1 aromatic heterocycles. The molecule has 1 heterocycles. The molecule has 28 heavy (non-hydrogen) atoms. The van der Waals surface area contributed by atoms with E-state index in [1.807, 2.05) is 6.07 Å². The third-order valence-electron chi connectivity index (χ3n) is 4.07. The molecule has 0 unspecified atom stereocenters. The molecule has 1 amide bonds. The number of amides is 1. The highest BCUT2D eigenvalue weighted by molar-refractivity contribution is 5.95. The molecule has 0 radical (unpaired) electrons. The molecule has 0 saturated carbocycles. The van der Waals surface area contributed by atoms with Gasteiger partial charge in [-0.25, -0.2) is 4.79 Å². The fraction of sp³-hybridized carbons (Fsp3) is 0.200. The maximum Gasteiger partial charge on any atom is 0.419 e. The van der Waals surface area contributed by atoms with Gasteiger partial charge in [0, 0.05) is 12.2 Å². The number of carbonyl (C=O) groups excluding carboxylic acids is 2. The van der Waals surface area contributed by atoms with E-state index in [9.17, 15) is 14.4 Å². The Morgan fingerprint density at radius 1 is 1.11 bits per heavy atom. The quantitative estimate of drug-likeness (QED) is 0.460. The molecule has 3 aromatic rings. The zero-order chi connectivity index (χ0) is 19.9. The third kappa shape index (κ3) is 4.27. The largest absolute Gasteiger partial charge is 0.455 e. The summed E-state index contributed by atoms with van der Waals surface area (Å²) in [7, 11) is 0. The van der Waals surface area contributed by atoms with Crippen molar-refractivity contribution in [2.24, 2.45) is 0 Å². The molecular formula is C20H17N3O5. The molecular weight excluding hydrogens is 362 g/mol. The molecule has 0 aliphatic heterocycles. The van der Waals surface area contributed by atoms with E-state index >= 15 is 0 Å². The highest BCUT2D eigenvalue weighted by atomic mass is 16.5. The van der Waals surface area contributed by atoms with Gasteiger partial charge in [0.05, 0.1) is 18.0 Å². The molecule has 8 heteroatoms. The summed E-state index contributed by atoms with van der Waals surface area (Å²) < 4.78 is 11.5. The summed E-state index contributed by atoms with van der Waals surface area (Å²) in [5.41, 5.74) is 1.56. The van der Waals surface area contributed by atoms with Gasteiger partial charge in [-0.15, -0.1) is 0 Å². The number of fused-ring (bicyclic) bond motifs is 1. The SMILES string of the molecule is N#CCN(C(=O)COC(=O)CCn1c(=O)oc2ccccc21)c1ccccc1. The molecule has 0 saturated heterocycles. The van der Waals surface area contributed by atoms with Crippen LogP contribution in [0.1, 0.15) is 6.42 Å². The zero-order valence-corrected chi connectivity index (χ0v) is 14.9. The highest BCUT2D eigenvalue weighted by Gasteiger charge is 2.18. The molecule has 0 spiro atoms. The summed E-state index contributed by atoms with van der Waals surface area (Å²) in [5.74, 6) is -1.70. The van der Waals surface area contributed by atoms with Gasteiger partial charge >= 0.3 is 11.7 Å². The standard InChI is InChI=1S/C20H17N3O5/c21-11-13-22(15-6-2-1-3-7-15)18(24)14-27-19(25)10-12-23-16-8-4-5-9-17(16)28-20(23)26/h1-9H,10,12-14H2. The summed E-state index contributed by atoms with van der Waals surface area (Å²) in [5, 5.41) is 8.93. The van der Waals surface area contributed by atoms with Crippen molar-refractivity contribution in [2.45, 2.75) is 13.0 Å². The Hall–Kier alpha value is -3.86. The van der Waals surface area contributed by atoms with Crippen LogP contribution in [0.3, 0.4) is 0 Å².